The van der Waals surface area contributed by atoms with Gasteiger partial charge in [0.2, 0.25) is 0 Å². The van der Waals surface area contributed by atoms with Crippen molar-refractivity contribution in [2.75, 3.05) is 0 Å². The Morgan fingerprint density at radius 2 is 2.25 bits per heavy atom. The zero-order chi connectivity index (χ0) is 11.7. The highest BCUT2D eigenvalue weighted by atomic mass is 79.9. The van der Waals surface area contributed by atoms with Gasteiger partial charge in [0.25, 0.3) is 5.56 Å². The van der Waals surface area contributed by atoms with Crippen LogP contribution in [-0.4, -0.2) is 14.7 Å². The second-order valence-corrected chi connectivity index (χ2v) is 4.33. The van der Waals surface area contributed by atoms with E-state index in [1.807, 2.05) is 6.92 Å². The van der Waals surface area contributed by atoms with Crippen molar-refractivity contribution in [3.63, 3.8) is 0 Å². The fourth-order valence-electron chi connectivity index (χ4n) is 1.38. The second-order valence-electron chi connectivity index (χ2n) is 3.48. The fraction of sp³-hybridized carbons (Fsp3) is 0.300. The SMILES string of the molecule is Cc1cc(Cn2c(C)ncc(Br)c2=O)on1. The first kappa shape index (κ1) is 11.1. The van der Waals surface area contributed by atoms with Crippen molar-refractivity contribution in [1.82, 2.24) is 14.7 Å². The molecule has 0 atom stereocenters. The summed E-state index contributed by atoms with van der Waals surface area (Å²) in [7, 11) is 0. The zero-order valence-corrected chi connectivity index (χ0v) is 10.5. The first-order valence-corrected chi connectivity index (χ1v) is 5.51. The molecule has 0 aliphatic rings. The van der Waals surface area contributed by atoms with Crippen molar-refractivity contribution in [2.24, 2.45) is 0 Å². The van der Waals surface area contributed by atoms with Crippen molar-refractivity contribution < 1.29 is 4.52 Å². The summed E-state index contributed by atoms with van der Waals surface area (Å²) >= 11 is 3.16. The summed E-state index contributed by atoms with van der Waals surface area (Å²) in [5.74, 6) is 1.28. The number of nitrogens with zero attached hydrogens (tertiary/aromatic N) is 3. The van der Waals surface area contributed by atoms with Gasteiger partial charge in [0.05, 0.1) is 12.2 Å². The molecule has 0 fully saturated rings. The molecule has 0 aliphatic heterocycles. The first-order chi connectivity index (χ1) is 7.58. The molecule has 2 rings (SSSR count). The summed E-state index contributed by atoms with van der Waals surface area (Å²) in [6.07, 6.45) is 1.50. The monoisotopic (exact) mass is 283 g/mol. The number of hydrogen-bond acceptors (Lipinski definition) is 4. The summed E-state index contributed by atoms with van der Waals surface area (Å²) in [4.78, 5) is 15.9. The normalized spacial score (nSPS) is 10.7. The number of aryl methyl sites for hydroxylation is 2. The Morgan fingerprint density at radius 1 is 1.50 bits per heavy atom. The van der Waals surface area contributed by atoms with Gasteiger partial charge in [0, 0.05) is 12.3 Å². The molecule has 0 bridgehead atoms. The van der Waals surface area contributed by atoms with Crippen LogP contribution in [0.5, 0.6) is 0 Å². The number of rotatable bonds is 2. The smallest absolute Gasteiger partial charge is 0.268 e. The average molecular weight is 284 g/mol. The number of halogens is 1. The molecule has 0 amide bonds. The Kier molecular flexibility index (Phi) is 2.91. The standard InChI is InChI=1S/C10H10BrN3O2/c1-6-3-8(16-13-6)5-14-7(2)12-4-9(11)10(14)15/h3-4H,5H2,1-2H3. The van der Waals surface area contributed by atoms with Gasteiger partial charge in [0.1, 0.15) is 10.3 Å². The van der Waals surface area contributed by atoms with E-state index in [0.29, 0.717) is 22.6 Å². The van der Waals surface area contributed by atoms with Gasteiger partial charge in [-0.2, -0.15) is 0 Å². The Balaban J connectivity index is 2.42. The molecule has 6 heteroatoms. The lowest BCUT2D eigenvalue weighted by Gasteiger charge is -2.06. The Bertz CT molecular complexity index is 574. The molecule has 16 heavy (non-hydrogen) atoms. The van der Waals surface area contributed by atoms with E-state index in [9.17, 15) is 4.79 Å². The van der Waals surface area contributed by atoms with Crippen LogP contribution < -0.4 is 5.56 Å². The summed E-state index contributed by atoms with van der Waals surface area (Å²) in [5, 5.41) is 3.77. The predicted molar refractivity (Wildman–Crippen MR) is 61.3 cm³/mol. The minimum absolute atomic E-state index is 0.124. The maximum absolute atomic E-state index is 11.8. The molecular formula is C10H10BrN3O2. The van der Waals surface area contributed by atoms with Crippen LogP contribution in [0.4, 0.5) is 0 Å². The van der Waals surface area contributed by atoms with Crippen molar-refractivity contribution in [2.45, 2.75) is 20.4 Å². The van der Waals surface area contributed by atoms with E-state index in [0.717, 1.165) is 5.69 Å². The van der Waals surface area contributed by atoms with E-state index in [4.69, 9.17) is 4.52 Å². The summed E-state index contributed by atoms with van der Waals surface area (Å²) < 4.78 is 7.04. The molecule has 0 aliphatic carbocycles. The van der Waals surface area contributed by atoms with Gasteiger partial charge >= 0.3 is 0 Å². The van der Waals surface area contributed by atoms with E-state index < -0.39 is 0 Å². The zero-order valence-electron chi connectivity index (χ0n) is 8.90. The molecule has 84 valence electrons. The highest BCUT2D eigenvalue weighted by molar-refractivity contribution is 9.10. The first-order valence-electron chi connectivity index (χ1n) is 4.72. The molecule has 0 N–H and O–H groups in total. The molecule has 5 nitrogen and oxygen atoms in total. The molecule has 0 aromatic carbocycles. The lowest BCUT2D eigenvalue weighted by Crippen LogP contribution is -2.24. The average Bonchev–Trinajstić information content (AvgIpc) is 2.65. The molecular weight excluding hydrogens is 274 g/mol. The van der Waals surface area contributed by atoms with Crippen LogP contribution in [0.1, 0.15) is 17.3 Å². The highest BCUT2D eigenvalue weighted by Crippen LogP contribution is 2.07. The topological polar surface area (TPSA) is 60.9 Å². The van der Waals surface area contributed by atoms with E-state index in [-0.39, 0.29) is 5.56 Å². The third kappa shape index (κ3) is 2.06. The molecule has 0 spiro atoms. The van der Waals surface area contributed by atoms with Gasteiger partial charge in [-0.05, 0) is 29.8 Å². The van der Waals surface area contributed by atoms with Crippen molar-refractivity contribution in [1.29, 1.82) is 0 Å². The van der Waals surface area contributed by atoms with Gasteiger partial charge in [-0.1, -0.05) is 5.16 Å². The van der Waals surface area contributed by atoms with Crippen molar-refractivity contribution in [3.8, 4) is 0 Å². The van der Waals surface area contributed by atoms with Crippen LogP contribution in [0.15, 0.2) is 26.1 Å². The third-order valence-electron chi connectivity index (χ3n) is 2.20. The minimum Gasteiger partial charge on any atom is -0.359 e. The Labute approximate surface area is 100 Å². The predicted octanol–water partition coefficient (Wildman–Crippen LogP) is 1.66. The lowest BCUT2D eigenvalue weighted by atomic mass is 10.3. The number of hydrogen-bond donors (Lipinski definition) is 0. The van der Waals surface area contributed by atoms with Gasteiger partial charge in [-0.15, -0.1) is 0 Å². The molecule has 0 unspecified atom stereocenters. The van der Waals surface area contributed by atoms with Gasteiger partial charge in [0.15, 0.2) is 5.76 Å². The van der Waals surface area contributed by atoms with Gasteiger partial charge in [-0.3, -0.25) is 9.36 Å². The van der Waals surface area contributed by atoms with E-state index >= 15 is 0 Å². The molecule has 2 aromatic heterocycles. The maximum Gasteiger partial charge on any atom is 0.268 e. The van der Waals surface area contributed by atoms with Crippen LogP contribution in [0.2, 0.25) is 0 Å². The summed E-state index contributed by atoms with van der Waals surface area (Å²) in [6.45, 7) is 3.96. The Morgan fingerprint density at radius 3 is 2.88 bits per heavy atom. The maximum atomic E-state index is 11.8. The fourth-order valence-corrected chi connectivity index (χ4v) is 1.70. The van der Waals surface area contributed by atoms with Crippen LogP contribution in [0, 0.1) is 13.8 Å². The van der Waals surface area contributed by atoms with Crippen LogP contribution in [-0.2, 0) is 6.54 Å². The molecule has 0 saturated carbocycles. The van der Waals surface area contributed by atoms with Crippen molar-refractivity contribution in [3.05, 3.63) is 44.4 Å². The largest absolute Gasteiger partial charge is 0.359 e. The molecule has 0 radical (unpaired) electrons. The van der Waals surface area contributed by atoms with Gasteiger partial charge in [-0.25, -0.2) is 4.98 Å². The highest BCUT2D eigenvalue weighted by Gasteiger charge is 2.08. The lowest BCUT2D eigenvalue weighted by molar-refractivity contribution is 0.369. The van der Waals surface area contributed by atoms with Crippen LogP contribution in [0.3, 0.4) is 0 Å². The van der Waals surface area contributed by atoms with E-state index in [1.165, 1.54) is 10.8 Å². The molecule has 0 saturated heterocycles. The third-order valence-corrected chi connectivity index (χ3v) is 2.74. The molecule has 2 heterocycles. The Hall–Kier alpha value is -1.43. The van der Waals surface area contributed by atoms with Crippen LogP contribution in [0.25, 0.3) is 0 Å². The quantitative estimate of drug-likeness (QED) is 0.841. The summed E-state index contributed by atoms with van der Waals surface area (Å²) in [6, 6.07) is 1.80. The second kappa shape index (κ2) is 4.21. The van der Waals surface area contributed by atoms with Gasteiger partial charge < -0.3 is 4.52 Å². The summed E-state index contributed by atoms with van der Waals surface area (Å²) in [5.41, 5.74) is 0.671. The molecule has 2 aromatic rings. The minimum atomic E-state index is -0.124. The van der Waals surface area contributed by atoms with E-state index in [2.05, 4.69) is 26.1 Å². The van der Waals surface area contributed by atoms with E-state index in [1.54, 1.807) is 13.0 Å². The van der Waals surface area contributed by atoms with Crippen molar-refractivity contribution >= 4 is 15.9 Å². The number of aromatic nitrogens is 3. The van der Waals surface area contributed by atoms with Crippen LogP contribution >= 0.6 is 15.9 Å².